The Morgan fingerprint density at radius 1 is 1.37 bits per heavy atom. The number of thiazole rings is 1. The molecule has 19 heavy (non-hydrogen) atoms. The predicted molar refractivity (Wildman–Crippen MR) is 74.7 cm³/mol. The van der Waals surface area contributed by atoms with Gasteiger partial charge >= 0.3 is 5.97 Å². The Kier molecular flexibility index (Phi) is 4.35. The molecule has 0 aliphatic carbocycles. The third-order valence-electron chi connectivity index (χ3n) is 2.89. The van der Waals surface area contributed by atoms with E-state index in [1.165, 1.54) is 30.2 Å². The van der Waals surface area contributed by atoms with Gasteiger partial charge in [-0.05, 0) is 13.8 Å². The number of hydrogen-bond donors (Lipinski definition) is 1. The monoisotopic (exact) mass is 284 g/mol. The number of likely N-dealkylation sites (N-methyl/N-ethyl adjacent to an activating group) is 1. The van der Waals surface area contributed by atoms with Gasteiger partial charge < -0.3 is 10.0 Å². The minimum atomic E-state index is -1.02. The highest BCUT2D eigenvalue weighted by Crippen LogP contribution is 2.30. The van der Waals surface area contributed by atoms with E-state index in [9.17, 15) is 9.59 Å². The molecule has 0 radical (unpaired) electrons. The van der Waals surface area contributed by atoms with E-state index in [4.69, 9.17) is 5.11 Å². The van der Waals surface area contributed by atoms with Crippen molar-refractivity contribution < 1.29 is 14.7 Å². The Morgan fingerprint density at radius 2 is 1.89 bits per heavy atom. The van der Waals surface area contributed by atoms with Crippen LogP contribution in [0, 0.1) is 6.92 Å². The van der Waals surface area contributed by atoms with Crippen molar-refractivity contribution in [3.8, 4) is 0 Å². The number of aryl methyl sites for hydroxylation is 1. The number of aliphatic carboxylic acids is 1. The van der Waals surface area contributed by atoms with E-state index in [-0.39, 0.29) is 11.3 Å². The molecule has 1 aromatic heterocycles. The first-order valence-corrected chi connectivity index (χ1v) is 6.85. The number of aromatic nitrogens is 1. The number of carboxylic acids is 1. The van der Waals surface area contributed by atoms with E-state index in [1.807, 2.05) is 20.8 Å². The molecule has 1 heterocycles. The van der Waals surface area contributed by atoms with Gasteiger partial charge in [0.1, 0.15) is 10.9 Å². The van der Waals surface area contributed by atoms with Crippen LogP contribution in [0.15, 0.2) is 0 Å². The number of amides is 1. The third-order valence-corrected chi connectivity index (χ3v) is 4.46. The van der Waals surface area contributed by atoms with Crippen molar-refractivity contribution >= 4 is 23.2 Å². The quantitative estimate of drug-likeness (QED) is 0.924. The van der Waals surface area contributed by atoms with E-state index >= 15 is 0 Å². The second kappa shape index (κ2) is 5.28. The van der Waals surface area contributed by atoms with Gasteiger partial charge in [-0.25, -0.2) is 9.78 Å². The van der Waals surface area contributed by atoms with Gasteiger partial charge in [-0.3, -0.25) is 4.79 Å². The second-order valence-electron chi connectivity index (χ2n) is 5.61. The summed E-state index contributed by atoms with van der Waals surface area (Å²) < 4.78 is 0. The van der Waals surface area contributed by atoms with Crippen LogP contribution in [-0.2, 0) is 10.2 Å². The molecule has 1 atom stereocenters. The molecule has 0 saturated carbocycles. The lowest BCUT2D eigenvalue weighted by atomic mass is 9.98. The van der Waals surface area contributed by atoms with Gasteiger partial charge in [0.25, 0.3) is 5.91 Å². The summed E-state index contributed by atoms with van der Waals surface area (Å²) in [5, 5.41) is 9.83. The number of hydrogen-bond acceptors (Lipinski definition) is 4. The van der Waals surface area contributed by atoms with Crippen molar-refractivity contribution in [2.45, 2.75) is 46.1 Å². The van der Waals surface area contributed by atoms with Gasteiger partial charge in [0, 0.05) is 12.5 Å². The summed E-state index contributed by atoms with van der Waals surface area (Å²) in [6, 6.07) is -0.855. The lowest BCUT2D eigenvalue weighted by Crippen LogP contribution is -2.40. The first kappa shape index (κ1) is 15.6. The van der Waals surface area contributed by atoms with Crippen LogP contribution in [0.1, 0.15) is 48.1 Å². The number of rotatable bonds is 3. The van der Waals surface area contributed by atoms with Crippen LogP contribution in [-0.4, -0.2) is 40.0 Å². The standard InChI is InChI=1S/C13H20N2O3S/c1-7-9(19-12(14-7)13(3,4)5)10(16)15(6)8(2)11(17)18/h8H,1-6H3,(H,17,18). The molecule has 1 N–H and O–H groups in total. The summed E-state index contributed by atoms with van der Waals surface area (Å²) in [5.41, 5.74) is 0.537. The highest BCUT2D eigenvalue weighted by atomic mass is 32.1. The average molecular weight is 284 g/mol. The zero-order chi connectivity index (χ0) is 15.0. The maximum Gasteiger partial charge on any atom is 0.326 e. The van der Waals surface area contributed by atoms with E-state index in [0.29, 0.717) is 10.6 Å². The van der Waals surface area contributed by atoms with Crippen LogP contribution >= 0.6 is 11.3 Å². The highest BCUT2D eigenvalue weighted by Gasteiger charge is 2.28. The SMILES string of the molecule is Cc1nc(C(C)(C)C)sc1C(=O)N(C)C(C)C(=O)O. The van der Waals surface area contributed by atoms with Crippen molar-refractivity contribution in [2.75, 3.05) is 7.05 Å². The van der Waals surface area contributed by atoms with Gasteiger partial charge in [-0.1, -0.05) is 20.8 Å². The molecule has 0 bridgehead atoms. The average Bonchev–Trinajstić information content (AvgIpc) is 2.68. The maximum atomic E-state index is 12.3. The molecule has 0 fully saturated rings. The molecule has 0 aliphatic rings. The van der Waals surface area contributed by atoms with Crippen LogP contribution in [0.5, 0.6) is 0 Å². The van der Waals surface area contributed by atoms with Gasteiger partial charge in [-0.15, -0.1) is 11.3 Å². The largest absolute Gasteiger partial charge is 0.480 e. The fourth-order valence-corrected chi connectivity index (χ4v) is 2.52. The fraction of sp³-hybridized carbons (Fsp3) is 0.615. The van der Waals surface area contributed by atoms with Crippen molar-refractivity contribution in [3.05, 3.63) is 15.6 Å². The molecule has 0 spiro atoms. The normalized spacial score (nSPS) is 13.2. The van der Waals surface area contributed by atoms with E-state index in [0.717, 1.165) is 5.01 Å². The molecular weight excluding hydrogens is 264 g/mol. The third kappa shape index (κ3) is 3.32. The van der Waals surface area contributed by atoms with Crippen LogP contribution in [0.25, 0.3) is 0 Å². The smallest absolute Gasteiger partial charge is 0.326 e. The van der Waals surface area contributed by atoms with Crippen LogP contribution < -0.4 is 0 Å². The first-order valence-electron chi connectivity index (χ1n) is 6.03. The van der Waals surface area contributed by atoms with Crippen molar-refractivity contribution in [3.63, 3.8) is 0 Å². The lowest BCUT2D eigenvalue weighted by molar-refractivity contribution is -0.141. The van der Waals surface area contributed by atoms with Crippen molar-refractivity contribution in [1.29, 1.82) is 0 Å². The van der Waals surface area contributed by atoms with E-state index in [2.05, 4.69) is 4.98 Å². The zero-order valence-corrected chi connectivity index (χ0v) is 13.0. The minimum absolute atomic E-state index is 0.120. The van der Waals surface area contributed by atoms with Gasteiger partial charge in [0.05, 0.1) is 10.7 Å². The molecule has 1 amide bonds. The Labute approximate surface area is 117 Å². The Hall–Kier alpha value is -1.43. The predicted octanol–water partition coefficient (Wildman–Crippen LogP) is 2.29. The molecule has 0 aromatic carbocycles. The summed E-state index contributed by atoms with van der Waals surface area (Å²) in [6.45, 7) is 9.36. The van der Waals surface area contributed by atoms with Crippen molar-refractivity contribution in [2.24, 2.45) is 0 Å². The summed E-state index contributed by atoms with van der Waals surface area (Å²) in [4.78, 5) is 29.4. The van der Waals surface area contributed by atoms with Crippen LogP contribution in [0.3, 0.4) is 0 Å². The molecular formula is C13H20N2O3S. The maximum absolute atomic E-state index is 12.3. The molecule has 106 valence electrons. The highest BCUT2D eigenvalue weighted by molar-refractivity contribution is 7.14. The zero-order valence-electron chi connectivity index (χ0n) is 12.1. The summed E-state index contributed by atoms with van der Waals surface area (Å²) in [6.07, 6.45) is 0. The lowest BCUT2D eigenvalue weighted by Gasteiger charge is -2.20. The van der Waals surface area contributed by atoms with Gasteiger partial charge in [0.2, 0.25) is 0 Å². The van der Waals surface area contributed by atoms with Gasteiger partial charge in [0.15, 0.2) is 0 Å². The van der Waals surface area contributed by atoms with Crippen LogP contribution in [0.2, 0.25) is 0 Å². The van der Waals surface area contributed by atoms with Crippen LogP contribution in [0.4, 0.5) is 0 Å². The topological polar surface area (TPSA) is 70.5 Å². The molecule has 6 heteroatoms. The number of nitrogens with zero attached hydrogens (tertiary/aromatic N) is 2. The Bertz CT molecular complexity index is 502. The number of carbonyl (C=O) groups excluding carboxylic acids is 1. The van der Waals surface area contributed by atoms with E-state index in [1.54, 1.807) is 6.92 Å². The van der Waals surface area contributed by atoms with Crippen molar-refractivity contribution in [1.82, 2.24) is 9.88 Å². The molecule has 0 aliphatic heterocycles. The molecule has 1 rings (SSSR count). The minimum Gasteiger partial charge on any atom is -0.480 e. The molecule has 1 aromatic rings. The van der Waals surface area contributed by atoms with Gasteiger partial charge in [-0.2, -0.15) is 0 Å². The fourth-order valence-electron chi connectivity index (χ4n) is 1.42. The second-order valence-corrected chi connectivity index (χ2v) is 6.61. The molecule has 1 unspecified atom stereocenters. The molecule has 5 nitrogen and oxygen atoms in total. The summed E-state index contributed by atoms with van der Waals surface area (Å²) in [7, 11) is 1.50. The number of carbonyl (C=O) groups is 2. The Morgan fingerprint density at radius 3 is 2.26 bits per heavy atom. The summed E-state index contributed by atoms with van der Waals surface area (Å²) >= 11 is 1.34. The molecule has 0 saturated heterocycles. The Balaban J connectivity index is 3.07. The first-order chi connectivity index (χ1) is 8.55. The summed E-state index contributed by atoms with van der Waals surface area (Å²) in [5.74, 6) is -1.31. The van der Waals surface area contributed by atoms with E-state index < -0.39 is 12.0 Å². The number of carboxylic acid groups (broad SMARTS) is 1.